The van der Waals surface area contributed by atoms with Gasteiger partial charge in [0.15, 0.2) is 0 Å². The fourth-order valence-electron chi connectivity index (χ4n) is 4.14. The Hall–Kier alpha value is -0.940. The maximum atomic E-state index is 10.7. The van der Waals surface area contributed by atoms with Crippen LogP contribution in [-0.4, -0.2) is 46.0 Å². The lowest BCUT2D eigenvalue weighted by molar-refractivity contribution is 0.0525. The highest BCUT2D eigenvalue weighted by molar-refractivity contribution is 5.23. The van der Waals surface area contributed by atoms with E-state index in [1.54, 1.807) is 0 Å². The molecule has 0 amide bonds. The summed E-state index contributed by atoms with van der Waals surface area (Å²) in [7, 11) is 0. The third-order valence-corrected chi connectivity index (χ3v) is 6.17. The second kappa shape index (κ2) is 18.6. The van der Waals surface area contributed by atoms with Gasteiger partial charge in [-0.15, -0.1) is 0 Å². The summed E-state index contributed by atoms with van der Waals surface area (Å²) in [6, 6.07) is 7.34. The lowest BCUT2D eigenvalue weighted by Gasteiger charge is -2.26. The van der Waals surface area contributed by atoms with Gasteiger partial charge in [0.2, 0.25) is 0 Å². The van der Waals surface area contributed by atoms with Gasteiger partial charge in [-0.05, 0) is 37.1 Å². The molecule has 1 aromatic rings. The maximum Gasteiger partial charge on any atom is 0.0815 e. The quantitative estimate of drug-likeness (QED) is 0.220. The molecule has 0 aliphatic heterocycles. The van der Waals surface area contributed by atoms with Crippen molar-refractivity contribution in [2.24, 2.45) is 0 Å². The summed E-state index contributed by atoms with van der Waals surface area (Å²) < 4.78 is 0. The molecule has 0 saturated heterocycles. The van der Waals surface area contributed by atoms with Crippen LogP contribution in [0.3, 0.4) is 0 Å². The van der Waals surface area contributed by atoms with Crippen LogP contribution in [0.15, 0.2) is 24.3 Å². The highest BCUT2D eigenvalue weighted by Gasteiger charge is 2.17. The zero-order chi connectivity index (χ0) is 22.7. The molecule has 4 heteroatoms. The molecular weight excluding hydrogens is 386 g/mol. The molecular formula is C27H49NO3. The topological polar surface area (TPSA) is 63.9 Å². The molecule has 180 valence electrons. The smallest absolute Gasteiger partial charge is 0.0815 e. The van der Waals surface area contributed by atoms with Gasteiger partial charge in [-0.25, -0.2) is 0 Å². The first-order chi connectivity index (χ1) is 15.1. The van der Waals surface area contributed by atoms with Crippen LogP contribution in [-0.2, 0) is 6.61 Å². The standard InChI is InChI=1S/C27H49NO3/c1-3-5-7-9-11-13-19-28(20-14-12-10-8-6-4-2)22-26(30)21-27(31)25-17-15-24(23-29)16-18-25/h15-18,26-27,29-31H,3-14,19-23H2,1-2H3/t26-,27+/m1/s1. The number of benzene rings is 1. The molecule has 1 rings (SSSR count). The molecule has 0 fully saturated rings. The van der Waals surface area contributed by atoms with Crippen LogP contribution in [0.25, 0.3) is 0 Å². The molecule has 0 aliphatic carbocycles. The van der Waals surface area contributed by atoms with Gasteiger partial charge in [-0.1, -0.05) is 102 Å². The minimum Gasteiger partial charge on any atom is -0.392 e. The monoisotopic (exact) mass is 435 g/mol. The van der Waals surface area contributed by atoms with E-state index in [-0.39, 0.29) is 6.61 Å². The van der Waals surface area contributed by atoms with Crippen LogP contribution >= 0.6 is 0 Å². The summed E-state index contributed by atoms with van der Waals surface area (Å²) in [4.78, 5) is 2.41. The molecule has 4 nitrogen and oxygen atoms in total. The number of unbranched alkanes of at least 4 members (excludes halogenated alkanes) is 10. The fraction of sp³-hybridized carbons (Fsp3) is 0.778. The Balaban J connectivity index is 2.43. The summed E-state index contributed by atoms with van der Waals surface area (Å²) in [6.45, 7) is 7.22. The van der Waals surface area contributed by atoms with Crippen molar-refractivity contribution in [3.63, 3.8) is 0 Å². The Morgan fingerprint density at radius 1 is 0.710 bits per heavy atom. The molecule has 0 bridgehead atoms. The minimum absolute atomic E-state index is 0.00481. The van der Waals surface area contributed by atoms with E-state index in [0.29, 0.717) is 13.0 Å². The predicted molar refractivity (Wildman–Crippen MR) is 131 cm³/mol. The largest absolute Gasteiger partial charge is 0.392 e. The van der Waals surface area contributed by atoms with Crippen LogP contribution in [0, 0.1) is 0 Å². The molecule has 0 aromatic heterocycles. The van der Waals surface area contributed by atoms with E-state index < -0.39 is 12.2 Å². The van der Waals surface area contributed by atoms with Gasteiger partial charge in [-0.3, -0.25) is 0 Å². The molecule has 0 heterocycles. The number of hydrogen-bond donors (Lipinski definition) is 3. The third-order valence-electron chi connectivity index (χ3n) is 6.17. The number of rotatable bonds is 20. The maximum absolute atomic E-state index is 10.7. The van der Waals surface area contributed by atoms with E-state index in [0.717, 1.165) is 24.2 Å². The Bertz CT molecular complexity index is 504. The summed E-state index contributed by atoms with van der Waals surface area (Å²) in [5, 5.41) is 30.3. The Morgan fingerprint density at radius 2 is 1.19 bits per heavy atom. The van der Waals surface area contributed by atoms with Crippen molar-refractivity contribution in [1.82, 2.24) is 4.90 Å². The van der Waals surface area contributed by atoms with Crippen LogP contribution < -0.4 is 0 Å². The number of aliphatic hydroxyl groups is 3. The zero-order valence-corrected chi connectivity index (χ0v) is 20.3. The average molecular weight is 436 g/mol. The second-order valence-electron chi connectivity index (χ2n) is 9.14. The lowest BCUT2D eigenvalue weighted by atomic mass is 10.0. The SMILES string of the molecule is CCCCCCCCN(CCCCCCCC)C[C@H](O)C[C@H](O)c1ccc(CO)cc1. The molecule has 2 atom stereocenters. The predicted octanol–water partition coefficient (Wildman–Crippen LogP) is 5.99. The molecule has 0 aliphatic rings. The minimum atomic E-state index is -0.673. The average Bonchev–Trinajstić information content (AvgIpc) is 2.78. The van der Waals surface area contributed by atoms with Gasteiger partial charge >= 0.3 is 0 Å². The fourth-order valence-corrected chi connectivity index (χ4v) is 4.14. The van der Waals surface area contributed by atoms with Crippen LogP contribution in [0.4, 0.5) is 0 Å². The van der Waals surface area contributed by atoms with Crippen molar-refractivity contribution in [1.29, 1.82) is 0 Å². The van der Waals surface area contributed by atoms with Crippen molar-refractivity contribution in [3.05, 3.63) is 35.4 Å². The van der Waals surface area contributed by atoms with E-state index in [4.69, 9.17) is 5.11 Å². The van der Waals surface area contributed by atoms with Crippen molar-refractivity contribution >= 4 is 0 Å². The number of aliphatic hydroxyl groups excluding tert-OH is 3. The van der Waals surface area contributed by atoms with Gasteiger partial charge in [0.05, 0.1) is 18.8 Å². The summed E-state index contributed by atoms with van der Waals surface area (Å²) in [5.41, 5.74) is 1.63. The molecule has 1 aromatic carbocycles. The summed E-state index contributed by atoms with van der Waals surface area (Å²) in [6.07, 6.45) is 14.6. The van der Waals surface area contributed by atoms with E-state index in [2.05, 4.69) is 18.7 Å². The van der Waals surface area contributed by atoms with Crippen LogP contribution in [0.5, 0.6) is 0 Å². The third kappa shape index (κ3) is 13.9. The van der Waals surface area contributed by atoms with Crippen molar-refractivity contribution in [3.8, 4) is 0 Å². The van der Waals surface area contributed by atoms with Gasteiger partial charge in [0, 0.05) is 13.0 Å². The van der Waals surface area contributed by atoms with Crippen molar-refractivity contribution in [2.75, 3.05) is 19.6 Å². The number of hydrogen-bond acceptors (Lipinski definition) is 4. The summed E-state index contributed by atoms with van der Waals surface area (Å²) >= 11 is 0. The second-order valence-corrected chi connectivity index (χ2v) is 9.14. The first-order valence-corrected chi connectivity index (χ1v) is 12.9. The first kappa shape index (κ1) is 28.1. The van der Waals surface area contributed by atoms with Crippen LogP contribution in [0.2, 0.25) is 0 Å². The normalized spacial score (nSPS) is 13.6. The van der Waals surface area contributed by atoms with Crippen molar-refractivity contribution in [2.45, 2.75) is 116 Å². The Morgan fingerprint density at radius 3 is 1.68 bits per heavy atom. The van der Waals surface area contributed by atoms with Crippen LogP contribution in [0.1, 0.15) is 115 Å². The van der Waals surface area contributed by atoms with E-state index >= 15 is 0 Å². The highest BCUT2D eigenvalue weighted by Crippen LogP contribution is 2.20. The number of nitrogens with zero attached hydrogens (tertiary/aromatic N) is 1. The molecule has 0 saturated carbocycles. The first-order valence-electron chi connectivity index (χ1n) is 12.9. The van der Waals surface area contributed by atoms with Gasteiger partial charge < -0.3 is 20.2 Å². The van der Waals surface area contributed by atoms with E-state index in [1.165, 1.54) is 77.0 Å². The highest BCUT2D eigenvalue weighted by atomic mass is 16.3. The van der Waals surface area contributed by atoms with E-state index in [1.807, 2.05) is 24.3 Å². The Labute approximate surface area is 191 Å². The van der Waals surface area contributed by atoms with E-state index in [9.17, 15) is 10.2 Å². The molecule has 0 unspecified atom stereocenters. The van der Waals surface area contributed by atoms with Gasteiger partial charge in [0.25, 0.3) is 0 Å². The van der Waals surface area contributed by atoms with Gasteiger partial charge in [-0.2, -0.15) is 0 Å². The summed E-state index contributed by atoms with van der Waals surface area (Å²) in [5.74, 6) is 0. The molecule has 3 N–H and O–H groups in total. The molecule has 0 radical (unpaired) electrons. The lowest BCUT2D eigenvalue weighted by Crippen LogP contribution is -2.35. The zero-order valence-electron chi connectivity index (χ0n) is 20.3. The molecule has 31 heavy (non-hydrogen) atoms. The van der Waals surface area contributed by atoms with Gasteiger partial charge in [0.1, 0.15) is 0 Å². The molecule has 0 spiro atoms. The van der Waals surface area contributed by atoms with Crippen molar-refractivity contribution < 1.29 is 15.3 Å². The Kier molecular flexibility index (Phi) is 16.9.